The van der Waals surface area contributed by atoms with E-state index < -0.39 is 12.0 Å². The van der Waals surface area contributed by atoms with E-state index in [0.717, 1.165) is 24.8 Å². The second-order valence-electron chi connectivity index (χ2n) is 6.25. The molecule has 1 aromatic rings. The topological polar surface area (TPSA) is 67.4 Å². The van der Waals surface area contributed by atoms with E-state index in [9.17, 15) is 9.59 Å². The number of urea groups is 1. The Morgan fingerprint density at radius 3 is 2.57 bits per heavy atom. The van der Waals surface area contributed by atoms with Crippen molar-refractivity contribution in [2.24, 2.45) is 5.92 Å². The van der Waals surface area contributed by atoms with Gasteiger partial charge in [-0.25, -0.2) is 9.59 Å². The smallest absolute Gasteiger partial charge is 0.328 e. The van der Waals surface area contributed by atoms with Crippen molar-refractivity contribution in [3.63, 3.8) is 0 Å². The third kappa shape index (κ3) is 5.27. The highest BCUT2D eigenvalue weighted by Gasteiger charge is 2.26. The first-order valence-electron chi connectivity index (χ1n) is 8.29. The van der Waals surface area contributed by atoms with Crippen molar-refractivity contribution in [2.75, 3.05) is 7.11 Å². The minimum atomic E-state index is -0.679. The molecule has 1 aliphatic carbocycles. The van der Waals surface area contributed by atoms with E-state index in [2.05, 4.69) is 17.6 Å². The number of methoxy groups -OCH3 is 1. The van der Waals surface area contributed by atoms with Crippen LogP contribution in [0.4, 0.5) is 4.79 Å². The maximum atomic E-state index is 12.2. The lowest BCUT2D eigenvalue weighted by molar-refractivity contribution is -0.142. The number of hydrogen-bond acceptors (Lipinski definition) is 3. The summed E-state index contributed by atoms with van der Waals surface area (Å²) in [6.45, 7) is 2.16. The van der Waals surface area contributed by atoms with Gasteiger partial charge in [-0.2, -0.15) is 0 Å². The fourth-order valence-corrected chi connectivity index (χ4v) is 3.08. The van der Waals surface area contributed by atoms with Crippen molar-refractivity contribution < 1.29 is 14.3 Å². The second kappa shape index (κ2) is 8.56. The summed E-state index contributed by atoms with van der Waals surface area (Å²) >= 11 is 0. The van der Waals surface area contributed by atoms with Gasteiger partial charge in [-0.3, -0.25) is 0 Å². The molecule has 3 unspecified atom stereocenters. The molecule has 1 aliphatic rings. The lowest BCUT2D eigenvalue weighted by Gasteiger charge is -2.30. The number of nitrogens with one attached hydrogen (secondary N) is 2. The van der Waals surface area contributed by atoms with Gasteiger partial charge < -0.3 is 15.4 Å². The van der Waals surface area contributed by atoms with Gasteiger partial charge in [-0.15, -0.1) is 0 Å². The van der Waals surface area contributed by atoms with E-state index in [1.54, 1.807) is 0 Å². The maximum absolute atomic E-state index is 12.2. The Bertz CT molecular complexity index is 518. The Labute approximate surface area is 137 Å². The molecule has 0 aliphatic heterocycles. The highest BCUT2D eigenvalue weighted by molar-refractivity contribution is 5.83. The molecule has 1 saturated carbocycles. The zero-order valence-corrected chi connectivity index (χ0v) is 13.9. The van der Waals surface area contributed by atoms with Gasteiger partial charge in [0, 0.05) is 12.5 Å². The zero-order valence-electron chi connectivity index (χ0n) is 13.9. The predicted molar refractivity (Wildman–Crippen MR) is 89.0 cm³/mol. The van der Waals surface area contributed by atoms with Crippen LogP contribution in [0.15, 0.2) is 30.3 Å². The summed E-state index contributed by atoms with van der Waals surface area (Å²) in [5.41, 5.74) is 0.981. The summed E-state index contributed by atoms with van der Waals surface area (Å²) in [5, 5.41) is 5.77. The van der Waals surface area contributed by atoms with Crippen molar-refractivity contribution >= 4 is 12.0 Å². The molecule has 23 heavy (non-hydrogen) atoms. The SMILES string of the molecule is COC(=O)C(Cc1ccccc1)NC(=O)NC1CCCCC1C. The number of hydrogen-bond donors (Lipinski definition) is 2. The predicted octanol–water partition coefficient (Wildman–Crippen LogP) is 2.65. The molecule has 126 valence electrons. The highest BCUT2D eigenvalue weighted by Crippen LogP contribution is 2.23. The van der Waals surface area contributed by atoms with Crippen LogP contribution in [0.25, 0.3) is 0 Å². The molecule has 0 spiro atoms. The third-order valence-corrected chi connectivity index (χ3v) is 4.50. The van der Waals surface area contributed by atoms with E-state index in [1.807, 2.05) is 30.3 Å². The molecule has 0 heterocycles. The summed E-state index contributed by atoms with van der Waals surface area (Å²) in [4.78, 5) is 24.2. The van der Waals surface area contributed by atoms with Crippen molar-refractivity contribution in [1.82, 2.24) is 10.6 Å². The minimum absolute atomic E-state index is 0.179. The molecule has 0 saturated heterocycles. The molecular formula is C18H26N2O3. The number of amides is 2. The van der Waals surface area contributed by atoms with Crippen molar-refractivity contribution in [2.45, 2.75) is 51.1 Å². The number of ether oxygens (including phenoxy) is 1. The molecule has 0 bridgehead atoms. The zero-order chi connectivity index (χ0) is 16.7. The van der Waals surface area contributed by atoms with E-state index in [-0.39, 0.29) is 12.1 Å². The summed E-state index contributed by atoms with van der Waals surface area (Å²) in [6, 6.07) is 8.80. The summed E-state index contributed by atoms with van der Waals surface area (Å²) < 4.78 is 4.82. The van der Waals surface area contributed by atoms with E-state index >= 15 is 0 Å². The monoisotopic (exact) mass is 318 g/mol. The molecule has 3 atom stereocenters. The van der Waals surface area contributed by atoms with Crippen LogP contribution in [0.5, 0.6) is 0 Å². The summed E-state index contributed by atoms with van der Waals surface area (Å²) in [7, 11) is 1.34. The molecule has 2 amide bonds. The maximum Gasteiger partial charge on any atom is 0.328 e. The Morgan fingerprint density at radius 2 is 1.91 bits per heavy atom. The van der Waals surface area contributed by atoms with E-state index in [4.69, 9.17) is 4.74 Å². The quantitative estimate of drug-likeness (QED) is 0.820. The Kier molecular flexibility index (Phi) is 6.44. The average molecular weight is 318 g/mol. The molecule has 1 aromatic carbocycles. The third-order valence-electron chi connectivity index (χ3n) is 4.50. The van der Waals surface area contributed by atoms with Gasteiger partial charge in [-0.1, -0.05) is 50.1 Å². The summed E-state index contributed by atoms with van der Waals surface area (Å²) in [6.07, 6.45) is 4.91. The van der Waals surface area contributed by atoms with Crippen molar-refractivity contribution in [3.8, 4) is 0 Å². The van der Waals surface area contributed by atoms with Gasteiger partial charge in [-0.05, 0) is 24.3 Å². The van der Waals surface area contributed by atoms with Gasteiger partial charge in [0.05, 0.1) is 7.11 Å². The van der Waals surface area contributed by atoms with Gasteiger partial charge in [0.1, 0.15) is 6.04 Å². The fraction of sp³-hybridized carbons (Fsp3) is 0.556. The normalized spacial score (nSPS) is 22.0. The van der Waals surface area contributed by atoms with Gasteiger partial charge >= 0.3 is 12.0 Å². The average Bonchev–Trinajstić information content (AvgIpc) is 2.56. The van der Waals surface area contributed by atoms with Crippen LogP contribution in [0.2, 0.25) is 0 Å². The van der Waals surface area contributed by atoms with Crippen LogP contribution < -0.4 is 10.6 Å². The minimum Gasteiger partial charge on any atom is -0.467 e. The van der Waals surface area contributed by atoms with Gasteiger partial charge in [0.15, 0.2) is 0 Å². The van der Waals surface area contributed by atoms with E-state index in [1.165, 1.54) is 13.5 Å². The molecule has 0 radical (unpaired) electrons. The molecule has 1 fully saturated rings. The summed E-state index contributed by atoms with van der Waals surface area (Å²) in [5.74, 6) is 0.0425. The number of rotatable bonds is 5. The van der Waals surface area contributed by atoms with Gasteiger partial charge in [0.2, 0.25) is 0 Å². The fourth-order valence-electron chi connectivity index (χ4n) is 3.08. The Morgan fingerprint density at radius 1 is 1.22 bits per heavy atom. The van der Waals surface area contributed by atoms with Crippen LogP contribution in [0.3, 0.4) is 0 Å². The van der Waals surface area contributed by atoms with Crippen LogP contribution in [0, 0.1) is 5.92 Å². The highest BCUT2D eigenvalue weighted by atomic mass is 16.5. The Hall–Kier alpha value is -2.04. The first-order chi connectivity index (χ1) is 11.1. The second-order valence-corrected chi connectivity index (χ2v) is 6.25. The molecule has 0 aromatic heterocycles. The van der Waals surface area contributed by atoms with Gasteiger partial charge in [0.25, 0.3) is 0 Å². The first kappa shape index (κ1) is 17.3. The molecular weight excluding hydrogens is 292 g/mol. The Balaban J connectivity index is 1.94. The lowest BCUT2D eigenvalue weighted by Crippen LogP contribution is -2.52. The standard InChI is InChI=1S/C18H26N2O3/c1-13-8-6-7-11-15(13)19-18(22)20-16(17(21)23-2)12-14-9-4-3-5-10-14/h3-5,9-10,13,15-16H,6-8,11-12H2,1-2H3,(H2,19,20,22). The largest absolute Gasteiger partial charge is 0.467 e. The van der Waals surface area contributed by atoms with E-state index in [0.29, 0.717) is 12.3 Å². The first-order valence-corrected chi connectivity index (χ1v) is 8.29. The molecule has 2 rings (SSSR count). The van der Waals surface area contributed by atoms with Crippen LogP contribution in [-0.2, 0) is 16.0 Å². The van der Waals surface area contributed by atoms with Crippen LogP contribution in [-0.4, -0.2) is 31.2 Å². The van der Waals surface area contributed by atoms with Crippen LogP contribution in [0.1, 0.15) is 38.2 Å². The molecule has 5 heteroatoms. The van der Waals surface area contributed by atoms with Crippen molar-refractivity contribution in [3.05, 3.63) is 35.9 Å². The number of benzene rings is 1. The molecule has 2 N–H and O–H groups in total. The van der Waals surface area contributed by atoms with Crippen molar-refractivity contribution in [1.29, 1.82) is 0 Å². The molecule has 5 nitrogen and oxygen atoms in total. The van der Waals surface area contributed by atoms with Crippen LogP contribution >= 0.6 is 0 Å². The number of esters is 1. The lowest BCUT2D eigenvalue weighted by atomic mass is 9.86. The number of carbonyl (C=O) groups is 2. The number of carbonyl (C=O) groups excluding carboxylic acids is 2.